The number of Topliss-reactive ketones (excluding diaryl/α,β-unsaturated/α-hetero) is 1. The third kappa shape index (κ3) is 3.94. The number of halogens is 3. The minimum absolute atomic E-state index is 0.0534. The van der Waals surface area contributed by atoms with Crippen LogP contribution in [-0.4, -0.2) is 12.3 Å². The van der Waals surface area contributed by atoms with Gasteiger partial charge >= 0.3 is 6.18 Å². The molecule has 1 atom stereocenters. The minimum Gasteiger partial charge on any atom is -0.329 e. The molecule has 134 valence electrons. The van der Waals surface area contributed by atoms with Crippen molar-refractivity contribution in [1.29, 1.82) is 0 Å². The normalized spacial score (nSPS) is 12.9. The summed E-state index contributed by atoms with van der Waals surface area (Å²) in [7, 11) is 0. The van der Waals surface area contributed by atoms with E-state index >= 15 is 0 Å². The summed E-state index contributed by atoms with van der Waals surface area (Å²) in [5.41, 5.74) is 6.36. The predicted octanol–water partition coefficient (Wildman–Crippen LogP) is 4.71. The van der Waals surface area contributed by atoms with E-state index in [0.29, 0.717) is 5.56 Å². The van der Waals surface area contributed by atoms with Gasteiger partial charge in [0.05, 0.1) is 11.5 Å². The van der Waals surface area contributed by atoms with Gasteiger partial charge in [-0.1, -0.05) is 54.6 Å². The van der Waals surface area contributed by atoms with E-state index in [9.17, 15) is 18.0 Å². The highest BCUT2D eigenvalue weighted by molar-refractivity contribution is 5.90. The van der Waals surface area contributed by atoms with Gasteiger partial charge in [0, 0.05) is 13.0 Å². The molecular weight excluding hydrogens is 339 g/mol. The van der Waals surface area contributed by atoms with Crippen LogP contribution in [0.5, 0.6) is 0 Å². The van der Waals surface area contributed by atoms with Crippen LogP contribution in [-0.2, 0) is 17.4 Å². The number of benzene rings is 3. The topological polar surface area (TPSA) is 43.1 Å². The van der Waals surface area contributed by atoms with Crippen LogP contribution >= 0.6 is 0 Å². The molecule has 1 unspecified atom stereocenters. The summed E-state index contributed by atoms with van der Waals surface area (Å²) < 4.78 is 38.1. The molecule has 3 rings (SSSR count). The first-order valence-corrected chi connectivity index (χ1v) is 8.26. The van der Waals surface area contributed by atoms with Crippen molar-refractivity contribution in [1.82, 2.24) is 0 Å². The van der Waals surface area contributed by atoms with Crippen LogP contribution in [0.2, 0.25) is 0 Å². The molecule has 0 saturated heterocycles. The lowest BCUT2D eigenvalue weighted by atomic mass is 9.90. The van der Waals surface area contributed by atoms with E-state index in [0.717, 1.165) is 28.5 Å². The molecule has 0 fully saturated rings. The molecule has 3 aromatic rings. The maximum atomic E-state index is 12.7. The Morgan fingerprint density at radius 1 is 0.923 bits per heavy atom. The van der Waals surface area contributed by atoms with Gasteiger partial charge in [-0.2, -0.15) is 13.2 Å². The van der Waals surface area contributed by atoms with Crippen molar-refractivity contribution in [2.45, 2.75) is 18.5 Å². The molecule has 0 aliphatic heterocycles. The number of hydrogen-bond acceptors (Lipinski definition) is 2. The van der Waals surface area contributed by atoms with E-state index in [1.807, 2.05) is 42.5 Å². The number of ketones is 1. The van der Waals surface area contributed by atoms with Crippen molar-refractivity contribution in [3.05, 3.63) is 83.4 Å². The Morgan fingerprint density at radius 2 is 1.58 bits per heavy atom. The molecular formula is C21H18F3NO. The number of rotatable bonds is 5. The van der Waals surface area contributed by atoms with E-state index in [4.69, 9.17) is 5.73 Å². The van der Waals surface area contributed by atoms with Crippen molar-refractivity contribution in [3.63, 3.8) is 0 Å². The maximum absolute atomic E-state index is 12.7. The molecule has 0 aromatic heterocycles. The smallest absolute Gasteiger partial charge is 0.329 e. The number of fused-ring (bicyclic) bond motifs is 1. The summed E-state index contributed by atoms with van der Waals surface area (Å²) in [6.45, 7) is 0.0534. The minimum atomic E-state index is -4.40. The highest BCUT2D eigenvalue weighted by Crippen LogP contribution is 2.30. The third-order valence-corrected chi connectivity index (χ3v) is 4.46. The zero-order valence-corrected chi connectivity index (χ0v) is 14.0. The van der Waals surface area contributed by atoms with Gasteiger partial charge in [0.25, 0.3) is 0 Å². The molecule has 2 N–H and O–H groups in total. The molecule has 5 heteroatoms. The zero-order valence-electron chi connectivity index (χ0n) is 14.0. The fourth-order valence-electron chi connectivity index (χ4n) is 3.03. The first-order chi connectivity index (χ1) is 12.4. The molecule has 0 radical (unpaired) electrons. The lowest BCUT2D eigenvalue weighted by Gasteiger charge is -2.15. The Kier molecular flexibility index (Phi) is 5.09. The standard InChI is InChI=1S/C21H18F3NO/c22-21(23,24)18-9-7-16(8-10-18)19(13-25)20(26)12-14-5-6-15-3-1-2-4-17(15)11-14/h1-11,19H,12-13,25H2. The second kappa shape index (κ2) is 7.30. The van der Waals surface area contributed by atoms with Gasteiger partial charge in [-0.15, -0.1) is 0 Å². The maximum Gasteiger partial charge on any atom is 0.416 e. The fourth-order valence-corrected chi connectivity index (χ4v) is 3.03. The Hall–Kier alpha value is -2.66. The van der Waals surface area contributed by atoms with Gasteiger partial charge in [-0.05, 0) is 34.0 Å². The fraction of sp³-hybridized carbons (Fsp3) is 0.190. The van der Waals surface area contributed by atoms with Gasteiger partial charge in [-0.3, -0.25) is 4.79 Å². The monoisotopic (exact) mass is 357 g/mol. The first kappa shape index (κ1) is 18.1. The van der Waals surface area contributed by atoms with E-state index in [2.05, 4.69) is 0 Å². The average Bonchev–Trinajstić information content (AvgIpc) is 2.62. The molecule has 0 aliphatic carbocycles. The van der Waals surface area contributed by atoms with Crippen molar-refractivity contribution in [2.24, 2.45) is 5.73 Å². The Labute approximate surface area is 149 Å². The Bertz CT molecular complexity index is 916. The summed E-state index contributed by atoms with van der Waals surface area (Å²) in [5.74, 6) is -0.730. The lowest BCUT2D eigenvalue weighted by molar-refractivity contribution is -0.137. The molecule has 2 nitrogen and oxygen atoms in total. The van der Waals surface area contributed by atoms with E-state index in [1.165, 1.54) is 12.1 Å². The second-order valence-corrected chi connectivity index (χ2v) is 6.23. The highest BCUT2D eigenvalue weighted by atomic mass is 19.4. The van der Waals surface area contributed by atoms with E-state index in [-0.39, 0.29) is 18.7 Å². The zero-order chi connectivity index (χ0) is 18.7. The second-order valence-electron chi connectivity index (χ2n) is 6.23. The Balaban J connectivity index is 1.79. The number of hydrogen-bond donors (Lipinski definition) is 1. The number of alkyl halides is 3. The summed E-state index contributed by atoms with van der Waals surface area (Å²) in [6, 6.07) is 18.3. The molecule has 3 aromatic carbocycles. The average molecular weight is 357 g/mol. The van der Waals surface area contributed by atoms with E-state index < -0.39 is 17.7 Å². The van der Waals surface area contributed by atoms with Gasteiger partial charge in [0.1, 0.15) is 5.78 Å². The van der Waals surface area contributed by atoms with Crippen LogP contribution in [0, 0.1) is 0 Å². The van der Waals surface area contributed by atoms with Crippen molar-refractivity contribution in [3.8, 4) is 0 Å². The summed E-state index contributed by atoms with van der Waals surface area (Å²) in [6.07, 6.45) is -4.21. The van der Waals surface area contributed by atoms with Crippen LogP contribution in [0.3, 0.4) is 0 Å². The first-order valence-electron chi connectivity index (χ1n) is 8.26. The summed E-state index contributed by atoms with van der Waals surface area (Å²) in [5, 5.41) is 2.12. The van der Waals surface area contributed by atoms with Gasteiger partial charge in [0.15, 0.2) is 0 Å². The van der Waals surface area contributed by atoms with Crippen LogP contribution in [0.25, 0.3) is 10.8 Å². The van der Waals surface area contributed by atoms with E-state index in [1.54, 1.807) is 0 Å². The molecule has 26 heavy (non-hydrogen) atoms. The Morgan fingerprint density at radius 3 is 2.19 bits per heavy atom. The lowest BCUT2D eigenvalue weighted by Crippen LogP contribution is -2.23. The van der Waals surface area contributed by atoms with Crippen LogP contribution in [0.15, 0.2) is 66.7 Å². The van der Waals surface area contributed by atoms with Crippen LogP contribution < -0.4 is 5.73 Å². The van der Waals surface area contributed by atoms with Crippen LogP contribution in [0.1, 0.15) is 22.6 Å². The molecule has 0 heterocycles. The summed E-state index contributed by atoms with van der Waals surface area (Å²) in [4.78, 5) is 12.7. The van der Waals surface area contributed by atoms with Gasteiger partial charge in [-0.25, -0.2) is 0 Å². The molecule has 0 amide bonds. The predicted molar refractivity (Wildman–Crippen MR) is 95.9 cm³/mol. The largest absolute Gasteiger partial charge is 0.416 e. The molecule has 0 spiro atoms. The number of nitrogens with two attached hydrogens (primary N) is 1. The SMILES string of the molecule is NCC(C(=O)Cc1ccc2ccccc2c1)c1ccc(C(F)(F)F)cc1. The summed E-state index contributed by atoms with van der Waals surface area (Å²) >= 11 is 0. The highest BCUT2D eigenvalue weighted by Gasteiger charge is 2.30. The quantitative estimate of drug-likeness (QED) is 0.718. The number of carbonyl (C=O) groups excluding carboxylic acids is 1. The van der Waals surface area contributed by atoms with Crippen LogP contribution in [0.4, 0.5) is 13.2 Å². The van der Waals surface area contributed by atoms with Gasteiger partial charge < -0.3 is 5.73 Å². The number of carbonyl (C=O) groups is 1. The molecule has 0 aliphatic rings. The van der Waals surface area contributed by atoms with Crippen molar-refractivity contribution in [2.75, 3.05) is 6.54 Å². The van der Waals surface area contributed by atoms with Crippen molar-refractivity contribution < 1.29 is 18.0 Å². The van der Waals surface area contributed by atoms with Crippen molar-refractivity contribution >= 4 is 16.6 Å². The molecule has 0 bridgehead atoms. The third-order valence-electron chi connectivity index (χ3n) is 4.46. The molecule has 0 saturated carbocycles. The van der Waals surface area contributed by atoms with Gasteiger partial charge in [0.2, 0.25) is 0 Å².